The molecule has 29 heavy (non-hydrogen) atoms. The van der Waals surface area contributed by atoms with Gasteiger partial charge < -0.3 is 23.4 Å². The van der Waals surface area contributed by atoms with Gasteiger partial charge in [0.05, 0.1) is 46.0 Å². The fourth-order valence-corrected chi connectivity index (χ4v) is 3.14. The average Bonchev–Trinajstić information content (AvgIpc) is 3.22. The van der Waals surface area contributed by atoms with Gasteiger partial charge in [-0.25, -0.2) is 0 Å². The summed E-state index contributed by atoms with van der Waals surface area (Å²) >= 11 is 0. The standard InChI is InChI=1S/C21H21NO7/c1-25-17-6-5-14(16-7-8-29-20(16)17)12-15(22(23)24)9-13-10-18(26-2)21(28-4)19(11-13)27-3/h5-8,10-12H,9H2,1-4H3/b15-12+. The molecule has 0 aliphatic rings. The van der Waals surface area contributed by atoms with Crippen molar-refractivity contribution in [3.8, 4) is 23.0 Å². The van der Waals surface area contributed by atoms with Crippen LogP contribution >= 0.6 is 0 Å². The van der Waals surface area contributed by atoms with Crippen molar-refractivity contribution in [1.29, 1.82) is 0 Å². The van der Waals surface area contributed by atoms with E-state index in [4.69, 9.17) is 23.4 Å². The maximum atomic E-state index is 11.7. The molecule has 152 valence electrons. The lowest BCUT2D eigenvalue weighted by Gasteiger charge is -2.13. The van der Waals surface area contributed by atoms with Gasteiger partial charge in [0.2, 0.25) is 5.75 Å². The third-order valence-corrected chi connectivity index (χ3v) is 4.50. The van der Waals surface area contributed by atoms with E-state index in [-0.39, 0.29) is 12.1 Å². The predicted molar refractivity (Wildman–Crippen MR) is 108 cm³/mol. The van der Waals surface area contributed by atoms with Crippen molar-refractivity contribution >= 4 is 17.0 Å². The molecule has 0 N–H and O–H groups in total. The van der Waals surface area contributed by atoms with Crippen LogP contribution in [0, 0.1) is 10.1 Å². The van der Waals surface area contributed by atoms with E-state index < -0.39 is 4.92 Å². The summed E-state index contributed by atoms with van der Waals surface area (Å²) in [5, 5.41) is 12.5. The number of furan rings is 1. The molecule has 1 heterocycles. The number of ether oxygens (including phenoxy) is 4. The highest BCUT2D eigenvalue weighted by molar-refractivity contribution is 5.91. The number of nitrogens with zero attached hydrogens (tertiary/aromatic N) is 1. The number of hydrogen-bond acceptors (Lipinski definition) is 7. The number of allylic oxidation sites excluding steroid dienone is 1. The molecule has 8 nitrogen and oxygen atoms in total. The second kappa shape index (κ2) is 8.55. The number of rotatable bonds is 8. The average molecular weight is 399 g/mol. The Morgan fingerprint density at radius 2 is 1.66 bits per heavy atom. The lowest BCUT2D eigenvalue weighted by atomic mass is 10.0. The van der Waals surface area contributed by atoms with Gasteiger partial charge in [0.25, 0.3) is 5.70 Å². The van der Waals surface area contributed by atoms with E-state index in [9.17, 15) is 10.1 Å². The predicted octanol–water partition coefficient (Wildman–Crippen LogP) is 4.33. The first-order valence-electron chi connectivity index (χ1n) is 8.70. The van der Waals surface area contributed by atoms with Crippen molar-refractivity contribution in [2.75, 3.05) is 28.4 Å². The first kappa shape index (κ1) is 20.1. The summed E-state index contributed by atoms with van der Waals surface area (Å²) in [5.41, 5.74) is 1.86. The summed E-state index contributed by atoms with van der Waals surface area (Å²) < 4.78 is 26.7. The zero-order valence-electron chi connectivity index (χ0n) is 16.6. The van der Waals surface area contributed by atoms with E-state index in [2.05, 4.69) is 0 Å². The molecular formula is C21H21NO7. The van der Waals surface area contributed by atoms with E-state index in [0.29, 0.717) is 39.7 Å². The molecule has 2 aromatic carbocycles. The highest BCUT2D eigenvalue weighted by Gasteiger charge is 2.19. The van der Waals surface area contributed by atoms with Gasteiger partial charge in [-0.15, -0.1) is 0 Å². The Balaban J connectivity index is 2.04. The molecule has 0 fully saturated rings. The summed E-state index contributed by atoms with van der Waals surface area (Å²) in [6.07, 6.45) is 3.12. The Morgan fingerprint density at radius 3 is 2.21 bits per heavy atom. The van der Waals surface area contributed by atoms with Gasteiger partial charge in [0.1, 0.15) is 0 Å². The third kappa shape index (κ3) is 3.96. The number of nitro groups is 1. The molecular weight excluding hydrogens is 378 g/mol. The number of benzene rings is 2. The normalized spacial score (nSPS) is 11.4. The lowest BCUT2D eigenvalue weighted by Crippen LogP contribution is -2.04. The van der Waals surface area contributed by atoms with Gasteiger partial charge >= 0.3 is 0 Å². The van der Waals surface area contributed by atoms with Gasteiger partial charge in [0, 0.05) is 11.5 Å². The molecule has 0 aliphatic heterocycles. The smallest absolute Gasteiger partial charge is 0.251 e. The highest BCUT2D eigenvalue weighted by Crippen LogP contribution is 2.39. The van der Waals surface area contributed by atoms with Crippen LogP contribution in [-0.4, -0.2) is 33.4 Å². The third-order valence-electron chi connectivity index (χ3n) is 4.50. The molecule has 0 saturated carbocycles. The maximum Gasteiger partial charge on any atom is 0.251 e. The van der Waals surface area contributed by atoms with Crippen molar-refractivity contribution in [2.45, 2.75) is 6.42 Å². The minimum Gasteiger partial charge on any atom is -0.493 e. The van der Waals surface area contributed by atoms with Gasteiger partial charge in [-0.1, -0.05) is 6.07 Å². The SMILES string of the molecule is COc1cc(C/C(=C\c2ccc(OC)c3occc23)[N+](=O)[O-])cc(OC)c1OC. The topological polar surface area (TPSA) is 93.2 Å². The summed E-state index contributed by atoms with van der Waals surface area (Å²) in [6, 6.07) is 8.62. The van der Waals surface area contributed by atoms with Gasteiger partial charge in [-0.2, -0.15) is 0 Å². The van der Waals surface area contributed by atoms with Crippen LogP contribution in [0.5, 0.6) is 23.0 Å². The van der Waals surface area contributed by atoms with Crippen molar-refractivity contribution in [1.82, 2.24) is 0 Å². The maximum absolute atomic E-state index is 11.7. The number of fused-ring (bicyclic) bond motifs is 1. The lowest BCUT2D eigenvalue weighted by molar-refractivity contribution is -0.425. The summed E-state index contributed by atoms with van der Waals surface area (Å²) in [5.74, 6) is 1.87. The van der Waals surface area contributed by atoms with E-state index in [0.717, 1.165) is 5.39 Å². The van der Waals surface area contributed by atoms with E-state index in [1.807, 2.05) is 0 Å². The Morgan fingerprint density at radius 1 is 1.00 bits per heavy atom. The molecule has 1 aromatic heterocycles. The molecule has 3 aromatic rings. The van der Waals surface area contributed by atoms with Crippen LogP contribution < -0.4 is 18.9 Å². The molecule has 0 saturated heterocycles. The first-order valence-corrected chi connectivity index (χ1v) is 8.70. The molecule has 3 rings (SSSR count). The molecule has 0 radical (unpaired) electrons. The van der Waals surface area contributed by atoms with Gasteiger partial charge in [-0.05, 0) is 35.4 Å². The molecule has 0 unspecified atom stereocenters. The summed E-state index contributed by atoms with van der Waals surface area (Å²) in [7, 11) is 6.04. The molecule has 0 atom stereocenters. The number of hydrogen-bond donors (Lipinski definition) is 0. The van der Waals surface area contributed by atoms with Gasteiger partial charge in [-0.3, -0.25) is 10.1 Å². The van der Waals surface area contributed by atoms with Crippen molar-refractivity contribution in [3.05, 3.63) is 63.5 Å². The van der Waals surface area contributed by atoms with Crippen LogP contribution in [0.3, 0.4) is 0 Å². The van der Waals surface area contributed by atoms with Crippen LogP contribution in [0.1, 0.15) is 11.1 Å². The second-order valence-electron chi connectivity index (χ2n) is 6.12. The largest absolute Gasteiger partial charge is 0.493 e. The van der Waals surface area contributed by atoms with Crippen LogP contribution in [0.2, 0.25) is 0 Å². The fourth-order valence-electron chi connectivity index (χ4n) is 3.14. The Labute approximate surface area is 167 Å². The van der Waals surface area contributed by atoms with E-state index in [1.165, 1.54) is 33.7 Å². The summed E-state index contributed by atoms with van der Waals surface area (Å²) in [4.78, 5) is 11.3. The Bertz CT molecular complexity index is 1040. The molecule has 8 heteroatoms. The first-order chi connectivity index (χ1) is 14.0. The zero-order chi connectivity index (χ0) is 21.0. The second-order valence-corrected chi connectivity index (χ2v) is 6.12. The molecule has 0 bridgehead atoms. The quantitative estimate of drug-likeness (QED) is 0.411. The van der Waals surface area contributed by atoms with E-state index >= 15 is 0 Å². The molecule has 0 spiro atoms. The van der Waals surface area contributed by atoms with E-state index in [1.54, 1.807) is 37.4 Å². The van der Waals surface area contributed by atoms with Crippen LogP contribution in [0.4, 0.5) is 0 Å². The van der Waals surface area contributed by atoms with Crippen molar-refractivity contribution in [2.24, 2.45) is 0 Å². The van der Waals surface area contributed by atoms with Crippen LogP contribution in [-0.2, 0) is 6.42 Å². The molecule has 0 amide bonds. The number of methoxy groups -OCH3 is 4. The van der Waals surface area contributed by atoms with Crippen LogP contribution in [0.15, 0.2) is 46.7 Å². The minimum absolute atomic E-state index is 0.00643. The van der Waals surface area contributed by atoms with Crippen LogP contribution in [0.25, 0.3) is 17.0 Å². The summed E-state index contributed by atoms with van der Waals surface area (Å²) in [6.45, 7) is 0. The van der Waals surface area contributed by atoms with Crippen molar-refractivity contribution < 1.29 is 28.3 Å². The van der Waals surface area contributed by atoms with Gasteiger partial charge in [0.15, 0.2) is 22.8 Å². The van der Waals surface area contributed by atoms with Crippen molar-refractivity contribution in [3.63, 3.8) is 0 Å². The Hall–Kier alpha value is -3.68. The Kier molecular flexibility index (Phi) is 5.92. The highest BCUT2D eigenvalue weighted by atomic mass is 16.6. The zero-order valence-corrected chi connectivity index (χ0v) is 16.6. The monoisotopic (exact) mass is 399 g/mol. The fraction of sp³-hybridized carbons (Fsp3) is 0.238. The minimum atomic E-state index is -0.403. The molecule has 0 aliphatic carbocycles.